The van der Waals surface area contributed by atoms with Crippen LogP contribution in [0.15, 0.2) is 53.5 Å². The minimum atomic E-state index is -0.395. The second-order valence-corrected chi connectivity index (χ2v) is 7.59. The van der Waals surface area contributed by atoms with Crippen molar-refractivity contribution in [1.29, 1.82) is 0 Å². The average Bonchev–Trinajstić information content (AvgIpc) is 3.20. The molecule has 0 bridgehead atoms. The van der Waals surface area contributed by atoms with E-state index in [1.165, 1.54) is 24.6 Å². The fraction of sp³-hybridized carbons (Fsp3) is 0.273. The van der Waals surface area contributed by atoms with E-state index in [0.717, 1.165) is 25.2 Å². The van der Waals surface area contributed by atoms with Crippen molar-refractivity contribution in [2.75, 3.05) is 13.1 Å². The lowest BCUT2D eigenvalue weighted by Gasteiger charge is -2.15. The number of hydrogen-bond donors (Lipinski definition) is 2. The lowest BCUT2D eigenvalue weighted by molar-refractivity contribution is 0.0949. The molecule has 0 spiro atoms. The van der Waals surface area contributed by atoms with Gasteiger partial charge in [-0.3, -0.25) is 14.5 Å². The van der Waals surface area contributed by atoms with Crippen molar-refractivity contribution in [1.82, 2.24) is 15.2 Å². The van der Waals surface area contributed by atoms with Crippen LogP contribution >= 0.6 is 11.6 Å². The van der Waals surface area contributed by atoms with Crippen molar-refractivity contribution in [3.63, 3.8) is 0 Å². The third kappa shape index (κ3) is 3.96. The first-order valence-corrected chi connectivity index (χ1v) is 9.88. The number of likely N-dealkylation sites (tertiary alicyclic amines) is 1. The van der Waals surface area contributed by atoms with Crippen LogP contribution in [0.25, 0.3) is 10.9 Å². The van der Waals surface area contributed by atoms with E-state index in [9.17, 15) is 9.59 Å². The highest BCUT2D eigenvalue weighted by Gasteiger charge is 2.15. The number of para-hydroxylation sites is 1. The molecule has 0 radical (unpaired) electrons. The summed E-state index contributed by atoms with van der Waals surface area (Å²) in [5.74, 6) is -0.395. The molecule has 28 heavy (non-hydrogen) atoms. The van der Waals surface area contributed by atoms with Crippen molar-refractivity contribution in [3.8, 4) is 0 Å². The Balaban J connectivity index is 1.47. The summed E-state index contributed by atoms with van der Waals surface area (Å²) in [4.78, 5) is 30.6. The summed E-state index contributed by atoms with van der Waals surface area (Å²) in [5, 5.41) is 3.72. The van der Waals surface area contributed by atoms with E-state index in [-0.39, 0.29) is 11.0 Å². The van der Waals surface area contributed by atoms with E-state index in [2.05, 4.69) is 27.3 Å². The number of fused-ring (bicyclic) bond motifs is 1. The van der Waals surface area contributed by atoms with Crippen molar-refractivity contribution in [2.24, 2.45) is 0 Å². The SMILES string of the molecule is O=C(NCc1cccc(CN2CCCC2)c1)c1c[nH]c2c(Cl)cccc2c1=O. The van der Waals surface area contributed by atoms with Crippen LogP contribution in [0, 0.1) is 0 Å². The molecule has 144 valence electrons. The summed E-state index contributed by atoms with van der Waals surface area (Å²) in [7, 11) is 0. The first kappa shape index (κ1) is 18.7. The zero-order valence-corrected chi connectivity index (χ0v) is 16.3. The minimum Gasteiger partial charge on any atom is -0.359 e. The summed E-state index contributed by atoms with van der Waals surface area (Å²) >= 11 is 6.10. The molecule has 2 aromatic carbocycles. The molecule has 1 fully saturated rings. The van der Waals surface area contributed by atoms with E-state index in [0.29, 0.717) is 22.5 Å². The second kappa shape index (κ2) is 8.17. The molecule has 1 aromatic heterocycles. The number of hydrogen-bond acceptors (Lipinski definition) is 3. The smallest absolute Gasteiger partial charge is 0.257 e. The van der Waals surface area contributed by atoms with Gasteiger partial charge in [0.05, 0.1) is 10.5 Å². The van der Waals surface area contributed by atoms with Gasteiger partial charge in [-0.25, -0.2) is 0 Å². The van der Waals surface area contributed by atoms with Crippen molar-refractivity contribution in [2.45, 2.75) is 25.9 Å². The molecule has 2 heterocycles. The first-order valence-electron chi connectivity index (χ1n) is 9.50. The fourth-order valence-corrected chi connectivity index (χ4v) is 3.93. The normalized spacial score (nSPS) is 14.5. The van der Waals surface area contributed by atoms with Gasteiger partial charge in [-0.15, -0.1) is 0 Å². The fourth-order valence-electron chi connectivity index (χ4n) is 3.70. The summed E-state index contributed by atoms with van der Waals surface area (Å²) < 4.78 is 0. The molecule has 4 rings (SSSR count). The van der Waals surface area contributed by atoms with E-state index in [4.69, 9.17) is 11.6 Å². The number of nitrogens with one attached hydrogen (secondary N) is 2. The Hall–Kier alpha value is -2.63. The summed E-state index contributed by atoms with van der Waals surface area (Å²) in [6, 6.07) is 13.3. The molecular formula is C22H22ClN3O2. The van der Waals surface area contributed by atoms with Gasteiger partial charge in [-0.2, -0.15) is 0 Å². The Bertz CT molecular complexity index is 1070. The molecule has 0 aliphatic carbocycles. The van der Waals surface area contributed by atoms with Crippen molar-refractivity contribution in [3.05, 3.63) is 80.6 Å². The van der Waals surface area contributed by atoms with E-state index in [1.807, 2.05) is 12.1 Å². The van der Waals surface area contributed by atoms with Crippen LogP contribution in [0.4, 0.5) is 0 Å². The number of halogens is 1. The molecule has 0 unspecified atom stereocenters. The maximum absolute atomic E-state index is 12.6. The standard InChI is InChI=1S/C22H22ClN3O2/c23-19-8-4-7-17-20(19)24-13-18(21(17)27)22(28)25-12-15-5-3-6-16(11-15)14-26-9-1-2-10-26/h3-8,11,13H,1-2,9-10,12,14H2,(H,24,27)(H,25,28). The molecule has 1 amide bonds. The Morgan fingerprint density at radius 1 is 1.11 bits per heavy atom. The molecule has 0 saturated carbocycles. The Labute approximate surface area is 168 Å². The minimum absolute atomic E-state index is 0.0861. The Morgan fingerprint density at radius 2 is 1.86 bits per heavy atom. The highest BCUT2D eigenvalue weighted by atomic mass is 35.5. The van der Waals surface area contributed by atoms with Gasteiger partial charge < -0.3 is 10.3 Å². The van der Waals surface area contributed by atoms with Gasteiger partial charge in [0.1, 0.15) is 5.56 Å². The van der Waals surface area contributed by atoms with Gasteiger partial charge in [-0.05, 0) is 49.2 Å². The van der Waals surface area contributed by atoms with Crippen molar-refractivity contribution >= 4 is 28.4 Å². The van der Waals surface area contributed by atoms with Gasteiger partial charge in [0, 0.05) is 24.7 Å². The second-order valence-electron chi connectivity index (χ2n) is 7.18. The highest BCUT2D eigenvalue weighted by Crippen LogP contribution is 2.19. The van der Waals surface area contributed by atoms with Crippen LogP contribution in [0.3, 0.4) is 0 Å². The molecule has 1 aliphatic rings. The van der Waals surface area contributed by atoms with E-state index in [1.54, 1.807) is 18.2 Å². The number of benzene rings is 2. The number of nitrogens with zero attached hydrogens (tertiary/aromatic N) is 1. The topological polar surface area (TPSA) is 65.2 Å². The molecule has 5 nitrogen and oxygen atoms in total. The molecule has 0 atom stereocenters. The monoisotopic (exact) mass is 395 g/mol. The predicted molar refractivity (Wildman–Crippen MR) is 112 cm³/mol. The van der Waals surface area contributed by atoms with E-state index >= 15 is 0 Å². The molecule has 2 N–H and O–H groups in total. The van der Waals surface area contributed by atoms with E-state index < -0.39 is 5.91 Å². The lowest BCUT2D eigenvalue weighted by atomic mass is 10.1. The van der Waals surface area contributed by atoms with Crippen LogP contribution in [-0.2, 0) is 13.1 Å². The third-order valence-corrected chi connectivity index (χ3v) is 5.47. The Morgan fingerprint density at radius 3 is 2.68 bits per heavy atom. The maximum atomic E-state index is 12.6. The van der Waals surface area contributed by atoms with Crippen LogP contribution in [0.5, 0.6) is 0 Å². The summed E-state index contributed by atoms with van der Waals surface area (Å²) in [6.45, 7) is 3.61. The quantitative estimate of drug-likeness (QED) is 0.692. The number of amides is 1. The number of H-pyrrole nitrogens is 1. The van der Waals surface area contributed by atoms with Crippen LogP contribution in [-0.4, -0.2) is 28.9 Å². The number of rotatable bonds is 5. The number of aromatic nitrogens is 1. The average molecular weight is 396 g/mol. The third-order valence-electron chi connectivity index (χ3n) is 5.16. The largest absolute Gasteiger partial charge is 0.359 e. The lowest BCUT2D eigenvalue weighted by Crippen LogP contribution is -2.28. The highest BCUT2D eigenvalue weighted by molar-refractivity contribution is 6.35. The number of aromatic amines is 1. The van der Waals surface area contributed by atoms with Gasteiger partial charge in [0.25, 0.3) is 5.91 Å². The maximum Gasteiger partial charge on any atom is 0.257 e. The van der Waals surface area contributed by atoms with Gasteiger partial charge in [0.15, 0.2) is 0 Å². The van der Waals surface area contributed by atoms with Crippen molar-refractivity contribution < 1.29 is 4.79 Å². The van der Waals surface area contributed by atoms with Gasteiger partial charge in [-0.1, -0.05) is 41.9 Å². The summed E-state index contributed by atoms with van der Waals surface area (Å²) in [6.07, 6.45) is 3.96. The zero-order chi connectivity index (χ0) is 19.5. The van der Waals surface area contributed by atoms with Crippen LogP contribution < -0.4 is 10.7 Å². The Kier molecular flexibility index (Phi) is 5.46. The van der Waals surface area contributed by atoms with Gasteiger partial charge in [0.2, 0.25) is 5.43 Å². The molecular weight excluding hydrogens is 374 g/mol. The number of pyridine rings is 1. The predicted octanol–water partition coefficient (Wildman–Crippen LogP) is 3.71. The van der Waals surface area contributed by atoms with Crippen LogP contribution in [0.1, 0.15) is 34.3 Å². The number of carbonyl (C=O) groups is 1. The first-order chi connectivity index (χ1) is 13.6. The van der Waals surface area contributed by atoms with Crippen LogP contribution in [0.2, 0.25) is 5.02 Å². The molecule has 6 heteroatoms. The molecule has 1 saturated heterocycles. The summed E-state index contributed by atoms with van der Waals surface area (Å²) in [5.41, 5.74) is 2.57. The molecule has 3 aromatic rings. The zero-order valence-electron chi connectivity index (χ0n) is 15.5. The number of carbonyl (C=O) groups excluding carboxylic acids is 1. The molecule has 1 aliphatic heterocycles. The van der Waals surface area contributed by atoms with Gasteiger partial charge >= 0.3 is 0 Å².